The highest BCUT2D eigenvalue weighted by atomic mass is 16.8. The molecular formula is C12H20O4. The minimum absolute atomic E-state index is 0.0275. The van der Waals surface area contributed by atoms with Gasteiger partial charge in [-0.25, -0.2) is 0 Å². The molecule has 0 aromatic rings. The van der Waals surface area contributed by atoms with Crippen LogP contribution in [-0.4, -0.2) is 42.4 Å². The molecular weight excluding hydrogens is 208 g/mol. The maximum absolute atomic E-state index is 8.89. The van der Waals surface area contributed by atoms with E-state index in [0.29, 0.717) is 19.6 Å². The summed E-state index contributed by atoms with van der Waals surface area (Å²) in [6, 6.07) is 0. The van der Waals surface area contributed by atoms with Crippen molar-refractivity contribution < 1.29 is 19.3 Å². The normalized spacial score (nSPS) is 32.5. The summed E-state index contributed by atoms with van der Waals surface area (Å²) in [5.41, 5.74) is 0.588. The third-order valence-corrected chi connectivity index (χ3v) is 3.48. The number of rotatable bonds is 2. The van der Waals surface area contributed by atoms with Gasteiger partial charge >= 0.3 is 0 Å². The summed E-state index contributed by atoms with van der Waals surface area (Å²) < 4.78 is 17.4. The van der Waals surface area contributed by atoms with Crippen LogP contribution in [0.3, 0.4) is 0 Å². The van der Waals surface area contributed by atoms with Crippen molar-refractivity contribution in [2.24, 2.45) is 0 Å². The third-order valence-electron chi connectivity index (χ3n) is 3.48. The van der Waals surface area contributed by atoms with Crippen molar-refractivity contribution in [1.82, 2.24) is 0 Å². The van der Waals surface area contributed by atoms with E-state index in [1.165, 1.54) is 0 Å². The lowest BCUT2D eigenvalue weighted by molar-refractivity contribution is -0.226. The molecule has 92 valence electrons. The van der Waals surface area contributed by atoms with E-state index in [4.69, 9.17) is 19.3 Å². The van der Waals surface area contributed by atoms with Crippen LogP contribution < -0.4 is 0 Å². The van der Waals surface area contributed by atoms with Gasteiger partial charge in [0, 0.05) is 6.42 Å². The molecule has 0 radical (unpaired) electrons. The quantitative estimate of drug-likeness (QED) is 0.722. The summed E-state index contributed by atoms with van der Waals surface area (Å²) in [6.45, 7) is 7.24. The summed E-state index contributed by atoms with van der Waals surface area (Å²) in [7, 11) is 0. The van der Waals surface area contributed by atoms with Gasteiger partial charge in [-0.3, -0.25) is 0 Å². The van der Waals surface area contributed by atoms with E-state index < -0.39 is 11.4 Å². The van der Waals surface area contributed by atoms with E-state index >= 15 is 0 Å². The molecule has 4 heteroatoms. The summed E-state index contributed by atoms with van der Waals surface area (Å²) in [6.07, 6.45) is 2.44. The van der Waals surface area contributed by atoms with Gasteiger partial charge in [0.15, 0.2) is 5.79 Å². The molecule has 4 nitrogen and oxygen atoms in total. The average molecular weight is 228 g/mol. The van der Waals surface area contributed by atoms with E-state index in [0.717, 1.165) is 5.57 Å². The minimum Gasteiger partial charge on any atom is -0.392 e. The molecule has 0 bridgehead atoms. The van der Waals surface area contributed by atoms with Gasteiger partial charge in [0.05, 0.1) is 25.9 Å². The second kappa shape index (κ2) is 4.11. The van der Waals surface area contributed by atoms with Crippen LogP contribution in [0.5, 0.6) is 0 Å². The zero-order valence-corrected chi connectivity index (χ0v) is 10.2. The molecule has 2 heterocycles. The standard InChI is InChI=1S/C12H20O4/c1-9(4-5-13)10-8-12(11(2,3)16-10)14-6-7-15-12/h4,10,13H,5-8H2,1-3H3. The molecule has 0 aromatic heterocycles. The molecule has 0 aliphatic carbocycles. The maximum Gasteiger partial charge on any atom is 0.200 e. The lowest BCUT2D eigenvalue weighted by Crippen LogP contribution is -2.47. The van der Waals surface area contributed by atoms with Gasteiger partial charge < -0.3 is 19.3 Å². The fourth-order valence-corrected chi connectivity index (χ4v) is 2.43. The lowest BCUT2D eigenvalue weighted by atomic mass is 9.95. The van der Waals surface area contributed by atoms with E-state index in [-0.39, 0.29) is 12.7 Å². The Labute approximate surface area is 96.2 Å². The maximum atomic E-state index is 8.89. The fraction of sp³-hybridized carbons (Fsp3) is 0.833. The first-order chi connectivity index (χ1) is 7.51. The number of hydrogen-bond donors (Lipinski definition) is 1. The first kappa shape index (κ1) is 12.0. The topological polar surface area (TPSA) is 47.9 Å². The van der Waals surface area contributed by atoms with Gasteiger partial charge in [0.1, 0.15) is 5.60 Å². The zero-order valence-electron chi connectivity index (χ0n) is 10.2. The number of hydrogen-bond acceptors (Lipinski definition) is 4. The van der Waals surface area contributed by atoms with E-state index in [1.807, 2.05) is 20.8 Å². The van der Waals surface area contributed by atoms with Gasteiger partial charge in [0.2, 0.25) is 0 Å². The van der Waals surface area contributed by atoms with Crippen molar-refractivity contribution in [1.29, 1.82) is 0 Å². The van der Waals surface area contributed by atoms with Crippen molar-refractivity contribution in [2.45, 2.75) is 44.7 Å². The van der Waals surface area contributed by atoms with E-state index in [9.17, 15) is 0 Å². The molecule has 1 spiro atoms. The molecule has 1 atom stereocenters. The molecule has 2 aliphatic rings. The Kier molecular flexibility index (Phi) is 3.09. The smallest absolute Gasteiger partial charge is 0.200 e. The van der Waals surface area contributed by atoms with Crippen LogP contribution in [0.4, 0.5) is 0 Å². The minimum atomic E-state index is -0.609. The van der Waals surface area contributed by atoms with Crippen LogP contribution >= 0.6 is 0 Å². The van der Waals surface area contributed by atoms with Gasteiger partial charge in [-0.05, 0) is 26.3 Å². The number of aliphatic hydroxyl groups is 1. The van der Waals surface area contributed by atoms with Crippen LogP contribution in [-0.2, 0) is 14.2 Å². The zero-order chi connectivity index (χ0) is 11.8. The van der Waals surface area contributed by atoms with Gasteiger partial charge in [-0.1, -0.05) is 6.08 Å². The van der Waals surface area contributed by atoms with E-state index in [1.54, 1.807) is 6.08 Å². The highest BCUT2D eigenvalue weighted by Crippen LogP contribution is 2.46. The summed E-state index contributed by atoms with van der Waals surface area (Å²) >= 11 is 0. The highest BCUT2D eigenvalue weighted by molar-refractivity contribution is 5.13. The van der Waals surface area contributed by atoms with Crippen LogP contribution in [0.2, 0.25) is 0 Å². The lowest BCUT2D eigenvalue weighted by Gasteiger charge is -2.33. The molecule has 2 fully saturated rings. The third kappa shape index (κ3) is 1.80. The molecule has 0 amide bonds. The van der Waals surface area contributed by atoms with Crippen molar-refractivity contribution in [3.8, 4) is 0 Å². The Hall–Kier alpha value is -0.420. The first-order valence-electron chi connectivity index (χ1n) is 5.74. The van der Waals surface area contributed by atoms with Crippen LogP contribution in [0, 0.1) is 0 Å². The summed E-state index contributed by atoms with van der Waals surface area (Å²) in [5, 5.41) is 8.89. The van der Waals surface area contributed by atoms with E-state index in [2.05, 4.69) is 0 Å². The van der Waals surface area contributed by atoms with Crippen molar-refractivity contribution in [3.63, 3.8) is 0 Å². The summed E-state index contributed by atoms with van der Waals surface area (Å²) in [4.78, 5) is 0. The Bertz CT molecular complexity index is 289. The van der Waals surface area contributed by atoms with Crippen molar-refractivity contribution in [3.05, 3.63) is 11.6 Å². The van der Waals surface area contributed by atoms with Crippen molar-refractivity contribution >= 4 is 0 Å². The Morgan fingerprint density at radius 2 is 2.00 bits per heavy atom. The molecule has 1 unspecified atom stereocenters. The Balaban J connectivity index is 2.17. The molecule has 0 aromatic carbocycles. The number of ether oxygens (including phenoxy) is 3. The second-order valence-corrected chi connectivity index (χ2v) is 4.90. The molecule has 2 aliphatic heterocycles. The summed E-state index contributed by atoms with van der Waals surface area (Å²) in [5.74, 6) is -0.609. The predicted octanol–water partition coefficient (Wildman–Crippen LogP) is 1.24. The van der Waals surface area contributed by atoms with Crippen LogP contribution in [0.1, 0.15) is 27.2 Å². The van der Waals surface area contributed by atoms with Gasteiger partial charge in [0.25, 0.3) is 0 Å². The predicted molar refractivity (Wildman–Crippen MR) is 59.0 cm³/mol. The fourth-order valence-electron chi connectivity index (χ4n) is 2.43. The first-order valence-corrected chi connectivity index (χ1v) is 5.74. The SMILES string of the molecule is CC(=CCO)C1CC2(OCCO2)C(C)(C)O1. The van der Waals surface area contributed by atoms with Gasteiger partial charge in [-0.15, -0.1) is 0 Å². The van der Waals surface area contributed by atoms with Crippen LogP contribution in [0.25, 0.3) is 0 Å². The largest absolute Gasteiger partial charge is 0.392 e. The molecule has 2 saturated heterocycles. The number of aliphatic hydroxyl groups excluding tert-OH is 1. The van der Waals surface area contributed by atoms with Gasteiger partial charge in [-0.2, -0.15) is 0 Å². The van der Waals surface area contributed by atoms with Crippen molar-refractivity contribution in [2.75, 3.05) is 19.8 Å². The van der Waals surface area contributed by atoms with Crippen LogP contribution in [0.15, 0.2) is 11.6 Å². The highest BCUT2D eigenvalue weighted by Gasteiger charge is 2.58. The average Bonchev–Trinajstić information content (AvgIpc) is 2.75. The Morgan fingerprint density at radius 3 is 2.56 bits per heavy atom. The molecule has 16 heavy (non-hydrogen) atoms. The molecule has 2 rings (SSSR count). The molecule has 0 saturated carbocycles. The second-order valence-electron chi connectivity index (χ2n) is 4.90. The Morgan fingerprint density at radius 1 is 1.38 bits per heavy atom. The molecule has 1 N–H and O–H groups in total. The monoisotopic (exact) mass is 228 g/mol.